The zero-order valence-electron chi connectivity index (χ0n) is 9.73. The molecule has 0 fully saturated rings. The van der Waals surface area contributed by atoms with Crippen LogP contribution in [-0.4, -0.2) is 4.92 Å². The van der Waals surface area contributed by atoms with Crippen molar-refractivity contribution >= 4 is 48.9 Å². The number of benzene rings is 1. The monoisotopic (exact) mass is 404 g/mol. The van der Waals surface area contributed by atoms with Crippen LogP contribution in [0.15, 0.2) is 38.6 Å². The SMILES string of the molecule is O=[N+]([O-])c1cc(Br)ccc1CNCc1sccc1Br. The van der Waals surface area contributed by atoms with Crippen molar-refractivity contribution in [2.75, 3.05) is 0 Å². The van der Waals surface area contributed by atoms with E-state index < -0.39 is 0 Å². The van der Waals surface area contributed by atoms with Gasteiger partial charge in [0.2, 0.25) is 0 Å². The number of nitrogens with zero attached hydrogens (tertiary/aromatic N) is 1. The third kappa shape index (κ3) is 3.85. The lowest BCUT2D eigenvalue weighted by Crippen LogP contribution is -2.13. The fraction of sp³-hybridized carbons (Fsp3) is 0.167. The minimum absolute atomic E-state index is 0.132. The summed E-state index contributed by atoms with van der Waals surface area (Å²) in [5.74, 6) is 0. The van der Waals surface area contributed by atoms with Gasteiger partial charge in [0.05, 0.1) is 4.92 Å². The van der Waals surface area contributed by atoms with Crippen LogP contribution in [0, 0.1) is 10.1 Å². The van der Waals surface area contributed by atoms with Crippen molar-refractivity contribution in [2.24, 2.45) is 0 Å². The molecule has 0 radical (unpaired) electrons. The van der Waals surface area contributed by atoms with Gasteiger partial charge in [0.25, 0.3) is 5.69 Å². The van der Waals surface area contributed by atoms with Crippen molar-refractivity contribution in [3.05, 3.63) is 59.1 Å². The van der Waals surface area contributed by atoms with Gasteiger partial charge < -0.3 is 5.32 Å². The summed E-state index contributed by atoms with van der Waals surface area (Å²) in [5.41, 5.74) is 0.813. The van der Waals surface area contributed by atoms with Crippen LogP contribution < -0.4 is 5.32 Å². The van der Waals surface area contributed by atoms with Gasteiger partial charge in [-0.3, -0.25) is 10.1 Å². The Hall–Kier alpha value is -0.760. The largest absolute Gasteiger partial charge is 0.307 e. The van der Waals surface area contributed by atoms with E-state index in [1.807, 2.05) is 17.5 Å². The molecule has 4 nitrogen and oxygen atoms in total. The first kappa shape index (κ1) is 14.6. The average Bonchev–Trinajstić information content (AvgIpc) is 2.77. The molecular formula is C12H10Br2N2O2S. The summed E-state index contributed by atoms with van der Waals surface area (Å²) in [6.07, 6.45) is 0. The van der Waals surface area contributed by atoms with E-state index in [9.17, 15) is 10.1 Å². The molecule has 0 saturated carbocycles. The molecular weight excluding hydrogens is 396 g/mol. The summed E-state index contributed by atoms with van der Waals surface area (Å²) < 4.78 is 1.78. The molecule has 2 rings (SSSR count). The molecule has 0 atom stereocenters. The van der Waals surface area contributed by atoms with Crippen LogP contribution in [0.3, 0.4) is 0 Å². The number of hydrogen-bond donors (Lipinski definition) is 1. The van der Waals surface area contributed by atoms with Crippen molar-refractivity contribution in [3.8, 4) is 0 Å². The van der Waals surface area contributed by atoms with Crippen LogP contribution in [0.4, 0.5) is 5.69 Å². The maximum atomic E-state index is 11.0. The van der Waals surface area contributed by atoms with Crippen molar-refractivity contribution in [1.82, 2.24) is 5.32 Å². The Morgan fingerprint density at radius 2 is 2.05 bits per heavy atom. The maximum absolute atomic E-state index is 11.0. The van der Waals surface area contributed by atoms with E-state index in [-0.39, 0.29) is 10.6 Å². The van der Waals surface area contributed by atoms with Gasteiger partial charge in [-0.2, -0.15) is 0 Å². The maximum Gasteiger partial charge on any atom is 0.275 e. The Morgan fingerprint density at radius 1 is 1.26 bits per heavy atom. The molecule has 100 valence electrons. The van der Waals surface area contributed by atoms with E-state index in [1.54, 1.807) is 17.4 Å². The predicted molar refractivity (Wildman–Crippen MR) is 83.4 cm³/mol. The Morgan fingerprint density at radius 3 is 2.68 bits per heavy atom. The molecule has 0 saturated heterocycles. The Balaban J connectivity index is 2.03. The number of nitro benzene ring substituents is 1. The number of rotatable bonds is 5. The number of hydrogen-bond acceptors (Lipinski definition) is 4. The molecule has 0 unspecified atom stereocenters. The van der Waals surface area contributed by atoms with Gasteiger partial charge in [-0.1, -0.05) is 15.9 Å². The highest BCUT2D eigenvalue weighted by molar-refractivity contribution is 9.10. The van der Waals surface area contributed by atoms with E-state index in [0.29, 0.717) is 23.1 Å². The second-order valence-corrected chi connectivity index (χ2v) is 6.60. The number of nitro groups is 1. The highest BCUT2D eigenvalue weighted by Gasteiger charge is 2.13. The average molecular weight is 406 g/mol. The van der Waals surface area contributed by atoms with Crippen LogP contribution in [0.2, 0.25) is 0 Å². The van der Waals surface area contributed by atoms with Crippen molar-refractivity contribution in [1.29, 1.82) is 0 Å². The molecule has 0 spiro atoms. The van der Waals surface area contributed by atoms with Crippen LogP contribution in [-0.2, 0) is 13.1 Å². The molecule has 1 heterocycles. The zero-order chi connectivity index (χ0) is 13.8. The first-order valence-corrected chi connectivity index (χ1v) is 7.90. The molecule has 1 N–H and O–H groups in total. The summed E-state index contributed by atoms with van der Waals surface area (Å²) in [6, 6.07) is 7.09. The number of thiophene rings is 1. The summed E-state index contributed by atoms with van der Waals surface area (Å²) in [5, 5.41) is 16.2. The van der Waals surface area contributed by atoms with E-state index in [0.717, 1.165) is 4.47 Å². The Bertz CT molecular complexity index is 601. The number of halogens is 2. The quantitative estimate of drug-likeness (QED) is 0.589. The topological polar surface area (TPSA) is 55.2 Å². The minimum Gasteiger partial charge on any atom is -0.307 e. The third-order valence-corrected chi connectivity index (χ3v) is 4.96. The summed E-state index contributed by atoms with van der Waals surface area (Å²) >= 11 is 8.35. The van der Waals surface area contributed by atoms with Crippen molar-refractivity contribution < 1.29 is 4.92 Å². The summed E-state index contributed by atoms with van der Waals surface area (Å²) in [4.78, 5) is 11.8. The van der Waals surface area contributed by atoms with E-state index >= 15 is 0 Å². The fourth-order valence-electron chi connectivity index (χ4n) is 1.62. The normalized spacial score (nSPS) is 10.6. The van der Waals surface area contributed by atoms with Gasteiger partial charge in [0.1, 0.15) is 0 Å². The standard InChI is InChI=1S/C12H10Br2N2O2S/c13-9-2-1-8(11(5-9)16(17)18)6-15-7-12-10(14)3-4-19-12/h1-5,15H,6-7H2. The van der Waals surface area contributed by atoms with Gasteiger partial charge in [-0.05, 0) is 39.5 Å². The first-order chi connectivity index (χ1) is 9.08. The third-order valence-electron chi connectivity index (χ3n) is 2.54. The van der Waals surface area contributed by atoms with Crippen LogP contribution in [0.25, 0.3) is 0 Å². The van der Waals surface area contributed by atoms with Crippen molar-refractivity contribution in [2.45, 2.75) is 13.1 Å². The fourth-order valence-corrected chi connectivity index (χ4v) is 3.43. The second kappa shape index (κ2) is 6.60. The highest BCUT2D eigenvalue weighted by atomic mass is 79.9. The minimum atomic E-state index is -0.358. The summed E-state index contributed by atoms with van der Waals surface area (Å²) in [6.45, 7) is 1.15. The molecule has 1 aromatic heterocycles. The number of nitrogens with one attached hydrogen (secondary N) is 1. The molecule has 7 heteroatoms. The van der Waals surface area contributed by atoms with E-state index in [4.69, 9.17) is 0 Å². The molecule has 0 aliphatic heterocycles. The van der Waals surface area contributed by atoms with E-state index in [1.165, 1.54) is 10.9 Å². The molecule has 1 aromatic carbocycles. The smallest absolute Gasteiger partial charge is 0.275 e. The lowest BCUT2D eigenvalue weighted by Gasteiger charge is -2.05. The van der Waals surface area contributed by atoms with Crippen molar-refractivity contribution in [3.63, 3.8) is 0 Å². The molecule has 2 aromatic rings. The first-order valence-electron chi connectivity index (χ1n) is 5.43. The second-order valence-electron chi connectivity index (χ2n) is 3.83. The van der Waals surface area contributed by atoms with Gasteiger partial charge in [-0.15, -0.1) is 11.3 Å². The molecule has 0 aliphatic carbocycles. The van der Waals surface area contributed by atoms with Gasteiger partial charge >= 0.3 is 0 Å². The Kier molecular flexibility index (Phi) is 5.09. The molecule has 0 amide bonds. The Labute approximate surface area is 131 Å². The van der Waals surface area contributed by atoms with Gasteiger partial charge in [-0.25, -0.2) is 0 Å². The highest BCUT2D eigenvalue weighted by Crippen LogP contribution is 2.25. The van der Waals surface area contributed by atoms with E-state index in [2.05, 4.69) is 37.2 Å². The summed E-state index contributed by atoms with van der Waals surface area (Å²) in [7, 11) is 0. The lowest BCUT2D eigenvalue weighted by atomic mass is 10.2. The molecule has 19 heavy (non-hydrogen) atoms. The van der Waals surface area contributed by atoms with Gasteiger partial charge in [0.15, 0.2) is 0 Å². The molecule has 0 bridgehead atoms. The molecule has 0 aliphatic rings. The van der Waals surface area contributed by atoms with Crippen LogP contribution >= 0.6 is 43.2 Å². The zero-order valence-corrected chi connectivity index (χ0v) is 13.7. The van der Waals surface area contributed by atoms with Gasteiger partial charge in [0, 0.05) is 38.5 Å². The van der Waals surface area contributed by atoms with Crippen LogP contribution in [0.5, 0.6) is 0 Å². The lowest BCUT2D eigenvalue weighted by molar-refractivity contribution is -0.385. The van der Waals surface area contributed by atoms with Crippen LogP contribution in [0.1, 0.15) is 10.4 Å². The predicted octanol–water partition coefficient (Wildman–Crippen LogP) is 4.47.